The highest BCUT2D eigenvalue weighted by Crippen LogP contribution is 2.28. The van der Waals surface area contributed by atoms with Crippen LogP contribution in [0.5, 0.6) is 0 Å². The van der Waals surface area contributed by atoms with Crippen LogP contribution in [0.4, 0.5) is 5.69 Å². The third kappa shape index (κ3) is 2.80. The Labute approximate surface area is 101 Å². The summed E-state index contributed by atoms with van der Waals surface area (Å²) in [5.74, 6) is 0. The number of hydrogen-bond acceptors (Lipinski definition) is 2. The van der Waals surface area contributed by atoms with Gasteiger partial charge in [0.05, 0.1) is 0 Å². The largest absolute Gasteiger partial charge is 0.378 e. The van der Waals surface area contributed by atoms with E-state index in [1.165, 1.54) is 15.5 Å². The van der Waals surface area contributed by atoms with Crippen molar-refractivity contribution in [3.63, 3.8) is 0 Å². The predicted octanol–water partition coefficient (Wildman–Crippen LogP) is 3.90. The van der Waals surface area contributed by atoms with Crippen molar-refractivity contribution in [2.75, 3.05) is 19.0 Å². The SMILES string of the molecule is CN(C)c1ccc(Sc2ccccc2)cc1. The zero-order valence-corrected chi connectivity index (χ0v) is 10.4. The Morgan fingerprint density at radius 1 is 0.750 bits per heavy atom. The van der Waals surface area contributed by atoms with E-state index in [-0.39, 0.29) is 0 Å². The molecule has 2 aromatic rings. The first-order valence-corrected chi connectivity index (χ1v) is 6.07. The van der Waals surface area contributed by atoms with Gasteiger partial charge in [-0.15, -0.1) is 0 Å². The summed E-state index contributed by atoms with van der Waals surface area (Å²) in [4.78, 5) is 4.66. The molecule has 2 heteroatoms. The fourth-order valence-corrected chi connectivity index (χ4v) is 2.27. The molecule has 0 amide bonds. The van der Waals surface area contributed by atoms with Crippen LogP contribution in [0.3, 0.4) is 0 Å². The summed E-state index contributed by atoms with van der Waals surface area (Å²) in [6.07, 6.45) is 0. The first kappa shape index (κ1) is 11.1. The lowest BCUT2D eigenvalue weighted by atomic mass is 10.3. The van der Waals surface area contributed by atoms with Crippen LogP contribution in [0.1, 0.15) is 0 Å². The zero-order chi connectivity index (χ0) is 11.4. The van der Waals surface area contributed by atoms with E-state index in [1.807, 2.05) is 6.07 Å². The van der Waals surface area contributed by atoms with Crippen LogP contribution in [0, 0.1) is 0 Å². The average Bonchev–Trinajstić information content (AvgIpc) is 2.31. The summed E-state index contributed by atoms with van der Waals surface area (Å²) in [5, 5.41) is 0. The Hall–Kier alpha value is -1.41. The van der Waals surface area contributed by atoms with E-state index in [2.05, 4.69) is 67.5 Å². The van der Waals surface area contributed by atoms with Crippen molar-refractivity contribution in [2.45, 2.75) is 9.79 Å². The second-order valence-electron chi connectivity index (χ2n) is 3.80. The van der Waals surface area contributed by atoms with Gasteiger partial charge < -0.3 is 4.90 Å². The van der Waals surface area contributed by atoms with Gasteiger partial charge in [0.15, 0.2) is 0 Å². The Kier molecular flexibility index (Phi) is 3.52. The van der Waals surface area contributed by atoms with Gasteiger partial charge in [0.25, 0.3) is 0 Å². The molecule has 0 heterocycles. The second kappa shape index (κ2) is 5.08. The first-order valence-electron chi connectivity index (χ1n) is 5.26. The van der Waals surface area contributed by atoms with Gasteiger partial charge in [0.2, 0.25) is 0 Å². The minimum atomic E-state index is 1.23. The van der Waals surface area contributed by atoms with Crippen LogP contribution in [0.2, 0.25) is 0 Å². The Balaban J connectivity index is 2.11. The van der Waals surface area contributed by atoms with Gasteiger partial charge in [-0.2, -0.15) is 0 Å². The number of nitrogens with zero attached hydrogens (tertiary/aromatic N) is 1. The van der Waals surface area contributed by atoms with Gasteiger partial charge in [-0.3, -0.25) is 0 Å². The van der Waals surface area contributed by atoms with Crippen LogP contribution in [0.15, 0.2) is 64.4 Å². The molecule has 2 rings (SSSR count). The molecule has 0 spiro atoms. The molecule has 0 saturated heterocycles. The lowest BCUT2D eigenvalue weighted by Crippen LogP contribution is -2.07. The van der Waals surface area contributed by atoms with Crippen molar-refractivity contribution in [1.29, 1.82) is 0 Å². The third-order valence-electron chi connectivity index (χ3n) is 2.33. The molecule has 1 nitrogen and oxygen atoms in total. The van der Waals surface area contributed by atoms with Crippen molar-refractivity contribution in [3.05, 3.63) is 54.6 Å². The third-order valence-corrected chi connectivity index (χ3v) is 3.35. The average molecular weight is 229 g/mol. The molecule has 0 aliphatic rings. The summed E-state index contributed by atoms with van der Waals surface area (Å²) < 4.78 is 0. The normalized spacial score (nSPS) is 10.1. The van der Waals surface area contributed by atoms with Crippen molar-refractivity contribution < 1.29 is 0 Å². The summed E-state index contributed by atoms with van der Waals surface area (Å²) in [6, 6.07) is 19.0. The van der Waals surface area contributed by atoms with Crippen LogP contribution >= 0.6 is 11.8 Å². The highest BCUT2D eigenvalue weighted by atomic mass is 32.2. The molecule has 0 N–H and O–H groups in total. The summed E-state index contributed by atoms with van der Waals surface area (Å²) in [6.45, 7) is 0. The summed E-state index contributed by atoms with van der Waals surface area (Å²) in [5.41, 5.74) is 1.23. The maximum absolute atomic E-state index is 2.16. The molecule has 0 aliphatic heterocycles. The molecule has 0 fully saturated rings. The second-order valence-corrected chi connectivity index (χ2v) is 4.95. The fraction of sp³-hybridized carbons (Fsp3) is 0.143. The molecule has 0 unspecified atom stereocenters. The maximum atomic E-state index is 2.16. The van der Waals surface area contributed by atoms with Gasteiger partial charge in [-0.1, -0.05) is 30.0 Å². The molecule has 0 bridgehead atoms. The molecule has 0 aromatic heterocycles. The van der Waals surface area contributed by atoms with Gasteiger partial charge in [-0.25, -0.2) is 0 Å². The minimum Gasteiger partial charge on any atom is -0.378 e. The molecule has 16 heavy (non-hydrogen) atoms. The highest BCUT2D eigenvalue weighted by Gasteiger charge is 1.98. The van der Waals surface area contributed by atoms with Gasteiger partial charge in [-0.05, 0) is 36.4 Å². The maximum Gasteiger partial charge on any atom is 0.0361 e. The van der Waals surface area contributed by atoms with E-state index in [0.29, 0.717) is 0 Å². The molecule has 0 radical (unpaired) electrons. The van der Waals surface area contributed by atoms with Gasteiger partial charge >= 0.3 is 0 Å². The van der Waals surface area contributed by atoms with Crippen LogP contribution in [0.25, 0.3) is 0 Å². The number of anilines is 1. The molecule has 0 saturated carbocycles. The first-order chi connectivity index (χ1) is 7.75. The zero-order valence-electron chi connectivity index (χ0n) is 9.55. The molecule has 0 aliphatic carbocycles. The van der Waals surface area contributed by atoms with Crippen LogP contribution in [-0.2, 0) is 0 Å². The summed E-state index contributed by atoms with van der Waals surface area (Å²) >= 11 is 1.79. The topological polar surface area (TPSA) is 3.24 Å². The van der Waals surface area contributed by atoms with E-state index in [4.69, 9.17) is 0 Å². The van der Waals surface area contributed by atoms with Crippen molar-refractivity contribution in [2.24, 2.45) is 0 Å². The summed E-state index contributed by atoms with van der Waals surface area (Å²) in [7, 11) is 4.11. The minimum absolute atomic E-state index is 1.23. The Morgan fingerprint density at radius 3 is 1.88 bits per heavy atom. The quantitative estimate of drug-likeness (QED) is 0.785. The van der Waals surface area contributed by atoms with Crippen molar-refractivity contribution >= 4 is 17.4 Å². The smallest absolute Gasteiger partial charge is 0.0361 e. The fourth-order valence-electron chi connectivity index (χ4n) is 1.44. The predicted molar refractivity (Wildman–Crippen MR) is 71.3 cm³/mol. The monoisotopic (exact) mass is 229 g/mol. The van der Waals surface area contributed by atoms with Crippen LogP contribution < -0.4 is 4.90 Å². The van der Waals surface area contributed by atoms with Crippen LogP contribution in [-0.4, -0.2) is 14.1 Å². The lowest BCUT2D eigenvalue weighted by Gasteiger charge is -2.12. The van der Waals surface area contributed by atoms with Gasteiger partial charge in [0.1, 0.15) is 0 Å². The molecule has 0 atom stereocenters. The Morgan fingerprint density at radius 2 is 1.31 bits per heavy atom. The van der Waals surface area contributed by atoms with E-state index in [1.54, 1.807) is 11.8 Å². The molecular formula is C14H15NS. The van der Waals surface area contributed by atoms with Crippen molar-refractivity contribution in [1.82, 2.24) is 0 Å². The number of hydrogen-bond donors (Lipinski definition) is 0. The molecule has 2 aromatic carbocycles. The number of benzene rings is 2. The van der Waals surface area contributed by atoms with E-state index >= 15 is 0 Å². The number of rotatable bonds is 3. The standard InChI is InChI=1S/C14H15NS/c1-15(2)12-8-10-14(11-9-12)16-13-6-4-3-5-7-13/h3-11H,1-2H3. The van der Waals surface area contributed by atoms with Crippen molar-refractivity contribution in [3.8, 4) is 0 Å². The van der Waals surface area contributed by atoms with E-state index in [0.717, 1.165) is 0 Å². The molecular weight excluding hydrogens is 214 g/mol. The van der Waals surface area contributed by atoms with Gasteiger partial charge in [0, 0.05) is 29.6 Å². The molecule has 82 valence electrons. The highest BCUT2D eigenvalue weighted by molar-refractivity contribution is 7.99. The lowest BCUT2D eigenvalue weighted by molar-refractivity contribution is 1.13. The van der Waals surface area contributed by atoms with E-state index < -0.39 is 0 Å². The Bertz CT molecular complexity index is 434. The van der Waals surface area contributed by atoms with E-state index in [9.17, 15) is 0 Å².